The normalized spacial score (nSPS) is 22.2. The Bertz CT molecular complexity index is 1120. The summed E-state index contributed by atoms with van der Waals surface area (Å²) >= 11 is 0. The SMILES string of the molecule is CNCC(C)N[C@H]1CC[C@H](C2CC(c3cc(C(=O)NCc4ccc(F)c(OC)c4)nc(C)n3)=NO2)CC1. The average molecular weight is 513 g/mol. The summed E-state index contributed by atoms with van der Waals surface area (Å²) in [5.74, 6) is 0.283. The molecule has 1 amide bonds. The van der Waals surface area contributed by atoms with Crippen LogP contribution in [0.4, 0.5) is 4.39 Å². The van der Waals surface area contributed by atoms with Gasteiger partial charge in [-0.05, 0) is 76.3 Å². The second kappa shape index (κ2) is 12.4. The van der Waals surface area contributed by atoms with Crippen molar-refractivity contribution in [3.8, 4) is 5.75 Å². The van der Waals surface area contributed by atoms with E-state index in [-0.39, 0.29) is 30.0 Å². The number of likely N-dealkylation sites (N-methyl/N-ethyl adjacent to an activating group) is 1. The number of amides is 1. The number of aromatic nitrogens is 2. The van der Waals surface area contributed by atoms with E-state index in [1.165, 1.54) is 13.2 Å². The Morgan fingerprint density at radius 1 is 1.22 bits per heavy atom. The van der Waals surface area contributed by atoms with Crippen LogP contribution in [0.5, 0.6) is 5.75 Å². The van der Waals surface area contributed by atoms with Gasteiger partial charge in [-0.15, -0.1) is 0 Å². The van der Waals surface area contributed by atoms with E-state index in [4.69, 9.17) is 9.57 Å². The number of nitrogens with zero attached hydrogens (tertiary/aromatic N) is 3. The van der Waals surface area contributed by atoms with Gasteiger partial charge in [0.05, 0.1) is 12.8 Å². The molecule has 2 aliphatic rings. The molecule has 200 valence electrons. The van der Waals surface area contributed by atoms with Gasteiger partial charge in [0.1, 0.15) is 23.3 Å². The van der Waals surface area contributed by atoms with Crippen molar-refractivity contribution >= 4 is 11.6 Å². The molecule has 0 saturated heterocycles. The Labute approximate surface area is 217 Å². The summed E-state index contributed by atoms with van der Waals surface area (Å²) in [6, 6.07) is 7.13. The first-order chi connectivity index (χ1) is 17.9. The third-order valence-electron chi connectivity index (χ3n) is 7.06. The number of methoxy groups -OCH3 is 1. The molecule has 9 nitrogen and oxygen atoms in total. The van der Waals surface area contributed by atoms with Crippen LogP contribution in [0.25, 0.3) is 0 Å². The maximum Gasteiger partial charge on any atom is 0.270 e. The van der Waals surface area contributed by atoms with Gasteiger partial charge in [-0.3, -0.25) is 4.79 Å². The Kier molecular flexibility index (Phi) is 9.04. The first-order valence-corrected chi connectivity index (χ1v) is 13.0. The van der Waals surface area contributed by atoms with E-state index < -0.39 is 5.82 Å². The molecule has 3 N–H and O–H groups in total. The first kappa shape index (κ1) is 26.9. The predicted molar refractivity (Wildman–Crippen MR) is 139 cm³/mol. The van der Waals surface area contributed by atoms with Crippen molar-refractivity contribution < 1.29 is 18.8 Å². The Balaban J connectivity index is 1.32. The van der Waals surface area contributed by atoms with Gasteiger partial charge >= 0.3 is 0 Å². The molecule has 1 aromatic carbocycles. The summed E-state index contributed by atoms with van der Waals surface area (Å²) in [5.41, 5.74) is 2.33. The van der Waals surface area contributed by atoms with Crippen LogP contribution in [0.3, 0.4) is 0 Å². The van der Waals surface area contributed by atoms with Crippen molar-refractivity contribution in [2.24, 2.45) is 11.1 Å². The highest BCUT2D eigenvalue weighted by Gasteiger charge is 2.34. The standard InChI is InChI=1S/C27H37FN6O3/c1-16(14-29-3)31-20-8-6-19(7-9-20)25-13-23(34-37-25)22-12-24(33-17(2)32-22)27(35)30-15-18-5-10-21(28)26(11-18)36-4/h5,10-12,16,19-20,25,29,31H,6-9,13-15H2,1-4H3,(H,30,35)/t16?,19-,20-,25?. The lowest BCUT2D eigenvalue weighted by molar-refractivity contribution is 0.0229. The molecule has 10 heteroatoms. The summed E-state index contributed by atoms with van der Waals surface area (Å²) < 4.78 is 18.7. The first-order valence-electron chi connectivity index (χ1n) is 13.0. The van der Waals surface area contributed by atoms with Gasteiger partial charge in [0.25, 0.3) is 5.91 Å². The molecule has 37 heavy (non-hydrogen) atoms. The van der Waals surface area contributed by atoms with Crippen molar-refractivity contribution in [3.63, 3.8) is 0 Å². The lowest BCUT2D eigenvalue weighted by Crippen LogP contribution is -2.44. The fraction of sp³-hybridized carbons (Fsp3) is 0.556. The zero-order chi connectivity index (χ0) is 26.4. The van der Waals surface area contributed by atoms with Gasteiger partial charge in [-0.2, -0.15) is 0 Å². The van der Waals surface area contributed by atoms with Gasteiger partial charge in [0, 0.05) is 31.6 Å². The highest BCUT2D eigenvalue weighted by molar-refractivity contribution is 6.01. The second-order valence-corrected chi connectivity index (χ2v) is 9.96. The molecule has 1 fully saturated rings. The zero-order valence-corrected chi connectivity index (χ0v) is 22.0. The average Bonchev–Trinajstić information content (AvgIpc) is 3.39. The molecule has 0 spiro atoms. The monoisotopic (exact) mass is 512 g/mol. The van der Waals surface area contributed by atoms with Gasteiger partial charge in [0.15, 0.2) is 11.6 Å². The van der Waals surface area contributed by atoms with E-state index in [1.807, 2.05) is 7.05 Å². The number of benzene rings is 1. The molecule has 2 heterocycles. The number of hydrogen-bond donors (Lipinski definition) is 3. The summed E-state index contributed by atoms with van der Waals surface area (Å²) in [6.45, 7) is 5.14. The van der Waals surface area contributed by atoms with E-state index in [0.29, 0.717) is 35.9 Å². The predicted octanol–water partition coefficient (Wildman–Crippen LogP) is 3.11. The largest absolute Gasteiger partial charge is 0.494 e. The molecule has 4 rings (SSSR count). The third-order valence-corrected chi connectivity index (χ3v) is 7.06. The highest BCUT2D eigenvalue weighted by Crippen LogP contribution is 2.33. The quantitative estimate of drug-likeness (QED) is 0.449. The number of aryl methyl sites for hydroxylation is 1. The third kappa shape index (κ3) is 7.01. The van der Waals surface area contributed by atoms with E-state index in [9.17, 15) is 9.18 Å². The van der Waals surface area contributed by atoms with Crippen LogP contribution in [0.15, 0.2) is 29.4 Å². The molecular formula is C27H37FN6O3. The van der Waals surface area contributed by atoms with E-state index in [0.717, 1.165) is 43.5 Å². The molecule has 0 bridgehead atoms. The number of rotatable bonds is 10. The van der Waals surface area contributed by atoms with Crippen LogP contribution < -0.4 is 20.7 Å². The maximum absolute atomic E-state index is 13.6. The molecule has 2 atom stereocenters. The van der Waals surface area contributed by atoms with Crippen molar-refractivity contribution in [2.45, 2.75) is 70.7 Å². The number of carbonyl (C=O) groups is 1. The highest BCUT2D eigenvalue weighted by atomic mass is 19.1. The van der Waals surface area contributed by atoms with Crippen molar-refractivity contribution in [3.05, 3.63) is 52.9 Å². The molecular weight excluding hydrogens is 475 g/mol. The topological polar surface area (TPSA) is 110 Å². The molecule has 1 aliphatic carbocycles. The van der Waals surface area contributed by atoms with Gasteiger partial charge in [0.2, 0.25) is 0 Å². The van der Waals surface area contributed by atoms with Crippen molar-refractivity contribution in [2.75, 3.05) is 20.7 Å². The van der Waals surface area contributed by atoms with Crippen LogP contribution in [0, 0.1) is 18.7 Å². The van der Waals surface area contributed by atoms with E-state index >= 15 is 0 Å². The van der Waals surface area contributed by atoms with Crippen LogP contribution in [0.1, 0.15) is 66.6 Å². The van der Waals surface area contributed by atoms with Gasteiger partial charge < -0.3 is 25.5 Å². The second-order valence-electron chi connectivity index (χ2n) is 9.96. The molecule has 1 aliphatic heterocycles. The Morgan fingerprint density at radius 2 is 2.00 bits per heavy atom. The zero-order valence-electron chi connectivity index (χ0n) is 22.0. The Morgan fingerprint density at radius 3 is 2.73 bits per heavy atom. The summed E-state index contributed by atoms with van der Waals surface area (Å²) in [6.07, 6.45) is 5.16. The summed E-state index contributed by atoms with van der Waals surface area (Å²) in [5, 5.41) is 14.1. The molecule has 0 radical (unpaired) electrons. The fourth-order valence-corrected chi connectivity index (χ4v) is 5.14. The van der Waals surface area contributed by atoms with Crippen molar-refractivity contribution in [1.29, 1.82) is 0 Å². The number of hydrogen-bond acceptors (Lipinski definition) is 8. The van der Waals surface area contributed by atoms with E-state index in [1.54, 1.807) is 25.1 Å². The van der Waals surface area contributed by atoms with Gasteiger partial charge in [-0.25, -0.2) is 14.4 Å². The summed E-state index contributed by atoms with van der Waals surface area (Å²) in [7, 11) is 3.38. The smallest absolute Gasteiger partial charge is 0.270 e. The minimum Gasteiger partial charge on any atom is -0.494 e. The fourth-order valence-electron chi connectivity index (χ4n) is 5.14. The number of ether oxygens (including phenoxy) is 1. The number of oxime groups is 1. The lowest BCUT2D eigenvalue weighted by atomic mass is 9.81. The number of halogens is 1. The van der Waals surface area contributed by atoms with Crippen LogP contribution in [-0.4, -0.2) is 60.5 Å². The van der Waals surface area contributed by atoms with Gasteiger partial charge in [-0.1, -0.05) is 11.2 Å². The maximum atomic E-state index is 13.6. The summed E-state index contributed by atoms with van der Waals surface area (Å²) in [4.78, 5) is 27.5. The molecule has 2 unspecified atom stereocenters. The molecule has 1 saturated carbocycles. The lowest BCUT2D eigenvalue weighted by Gasteiger charge is -2.33. The minimum atomic E-state index is -0.449. The van der Waals surface area contributed by atoms with Crippen molar-refractivity contribution in [1.82, 2.24) is 25.9 Å². The number of carbonyl (C=O) groups excluding carboxylic acids is 1. The van der Waals surface area contributed by atoms with Crippen LogP contribution >= 0.6 is 0 Å². The van der Waals surface area contributed by atoms with Crippen LogP contribution in [0.2, 0.25) is 0 Å². The molecule has 1 aromatic heterocycles. The van der Waals surface area contributed by atoms with E-state index in [2.05, 4.69) is 38.0 Å². The van der Waals surface area contributed by atoms with Crippen LogP contribution in [-0.2, 0) is 11.4 Å². The molecule has 2 aromatic rings. The minimum absolute atomic E-state index is 0.0340. The number of nitrogens with one attached hydrogen (secondary N) is 3. The Hall–Kier alpha value is -3.11.